The molecule has 3 aromatic heterocycles. The zero-order chi connectivity index (χ0) is 31.3. The number of hydrogen-bond acceptors (Lipinski definition) is 9. The second kappa shape index (κ2) is 13.3. The Morgan fingerprint density at radius 2 is 1.77 bits per heavy atom. The van der Waals surface area contributed by atoms with Crippen LogP contribution in [-0.2, 0) is 29.7 Å². The van der Waals surface area contributed by atoms with Gasteiger partial charge in [0.1, 0.15) is 5.82 Å². The minimum Gasteiger partial charge on any atom is -0.481 e. The third kappa shape index (κ3) is 6.90. The quantitative estimate of drug-likeness (QED) is 0.261. The summed E-state index contributed by atoms with van der Waals surface area (Å²) in [5.41, 5.74) is 7.54. The lowest BCUT2D eigenvalue weighted by Crippen LogP contribution is -2.44. The van der Waals surface area contributed by atoms with Gasteiger partial charge in [-0.25, -0.2) is 14.8 Å². The number of carboxylic acid groups (broad SMARTS) is 2. The predicted molar refractivity (Wildman–Crippen MR) is 160 cm³/mol. The highest BCUT2D eigenvalue weighted by molar-refractivity contribution is 5.80. The molecule has 226 valence electrons. The average Bonchev–Trinajstić information content (AvgIpc) is 3.36. The number of aromatic nitrogens is 6. The summed E-state index contributed by atoms with van der Waals surface area (Å²) >= 11 is 0. The number of aryl methyl sites for hydroxylation is 2. The van der Waals surface area contributed by atoms with Gasteiger partial charge in [0.05, 0.1) is 31.4 Å². The van der Waals surface area contributed by atoms with Crippen LogP contribution in [0.1, 0.15) is 44.1 Å². The van der Waals surface area contributed by atoms with Crippen molar-refractivity contribution in [2.75, 3.05) is 18.0 Å². The van der Waals surface area contributed by atoms with E-state index in [-0.39, 0.29) is 32.0 Å². The van der Waals surface area contributed by atoms with Crippen LogP contribution in [0.25, 0.3) is 22.1 Å². The van der Waals surface area contributed by atoms with E-state index in [1.165, 1.54) is 9.13 Å². The number of carbonyl (C=O) groups is 2. The molecule has 1 atom stereocenters. The van der Waals surface area contributed by atoms with E-state index in [2.05, 4.69) is 26.7 Å². The maximum absolute atomic E-state index is 13.7. The average molecular weight is 591 g/mol. The first-order valence-corrected chi connectivity index (χ1v) is 13.8. The summed E-state index contributed by atoms with van der Waals surface area (Å²) in [7, 11) is 1.63. The maximum atomic E-state index is 13.7. The second-order valence-electron chi connectivity index (χ2n) is 10.2. The van der Waals surface area contributed by atoms with E-state index >= 15 is 0 Å². The van der Waals surface area contributed by atoms with Crippen molar-refractivity contribution in [1.29, 1.82) is 0 Å². The lowest BCUT2D eigenvalue weighted by Gasteiger charge is -2.31. The zero-order valence-electron chi connectivity index (χ0n) is 24.3. The molecule has 14 nitrogen and oxygen atoms in total. The summed E-state index contributed by atoms with van der Waals surface area (Å²) in [4.78, 5) is 62.3. The maximum Gasteiger partial charge on any atom is 0.332 e. The van der Waals surface area contributed by atoms with Crippen LogP contribution in [-0.4, -0.2) is 69.9 Å². The molecular weight excluding hydrogens is 556 g/mol. The first-order valence-electron chi connectivity index (χ1n) is 13.8. The Bertz CT molecular complexity index is 1850. The zero-order valence-corrected chi connectivity index (χ0v) is 24.3. The van der Waals surface area contributed by atoms with Crippen LogP contribution in [0.15, 0.2) is 33.9 Å². The molecule has 1 aromatic carbocycles. The smallest absolute Gasteiger partial charge is 0.332 e. The Hall–Kier alpha value is -5.03. The topological polar surface area (TPSA) is 191 Å². The van der Waals surface area contributed by atoms with Gasteiger partial charge in [-0.15, -0.1) is 5.92 Å². The summed E-state index contributed by atoms with van der Waals surface area (Å²) in [6.07, 6.45) is 1.29. The number of anilines is 1. The number of nitrogens with two attached hydrogens (primary N) is 1. The van der Waals surface area contributed by atoms with E-state index < -0.39 is 23.2 Å². The van der Waals surface area contributed by atoms with Gasteiger partial charge in [-0.1, -0.05) is 24.1 Å². The Balaban J connectivity index is 0.000000467. The van der Waals surface area contributed by atoms with Crippen molar-refractivity contribution in [3.8, 4) is 11.8 Å². The molecule has 0 spiro atoms. The number of fused-ring (bicyclic) bond motifs is 2. The molecule has 4 aromatic rings. The molecular formula is C29H34N8O6. The Morgan fingerprint density at radius 3 is 2.42 bits per heavy atom. The number of piperidine rings is 1. The number of carboxylic acids is 2. The molecule has 4 N–H and O–H groups in total. The predicted octanol–water partition coefficient (Wildman–Crippen LogP) is 1.08. The van der Waals surface area contributed by atoms with Gasteiger partial charge in [0, 0.05) is 37.3 Å². The lowest BCUT2D eigenvalue weighted by atomic mass is 10.1. The van der Waals surface area contributed by atoms with E-state index in [0.717, 1.165) is 36.0 Å². The van der Waals surface area contributed by atoms with Crippen LogP contribution >= 0.6 is 0 Å². The molecule has 1 saturated heterocycles. The fourth-order valence-electron chi connectivity index (χ4n) is 4.96. The van der Waals surface area contributed by atoms with Gasteiger partial charge in [0.15, 0.2) is 11.2 Å². The van der Waals surface area contributed by atoms with E-state index in [1.54, 1.807) is 18.5 Å². The number of nitrogens with zero attached hydrogens (tertiary/aromatic N) is 7. The highest BCUT2D eigenvalue weighted by Gasteiger charge is 2.26. The number of hydrogen-bond donors (Lipinski definition) is 3. The summed E-state index contributed by atoms with van der Waals surface area (Å²) in [5, 5.41) is 16.7. The SMILES string of the molecule is CC#CCn1c(N2CCC[C@@H](N)C2)nc2c1c(=O)n(Cc1nc(C)c3ccccc3n1)c(=O)n2C.O=C(O)CCC(=O)O. The number of aliphatic carboxylic acids is 2. The van der Waals surface area contributed by atoms with Gasteiger partial charge in [0.2, 0.25) is 5.95 Å². The molecule has 14 heteroatoms. The van der Waals surface area contributed by atoms with Crippen molar-refractivity contribution in [1.82, 2.24) is 28.7 Å². The summed E-state index contributed by atoms with van der Waals surface area (Å²) in [6.45, 7) is 5.31. The van der Waals surface area contributed by atoms with Crippen LogP contribution in [0.5, 0.6) is 0 Å². The van der Waals surface area contributed by atoms with Gasteiger partial charge in [-0.05, 0) is 32.8 Å². The first-order chi connectivity index (χ1) is 20.5. The molecule has 5 rings (SSSR count). The third-order valence-corrected chi connectivity index (χ3v) is 7.06. The molecule has 0 bridgehead atoms. The van der Waals surface area contributed by atoms with Crippen LogP contribution in [0.3, 0.4) is 0 Å². The first kappa shape index (κ1) is 30.9. The van der Waals surface area contributed by atoms with Crippen molar-refractivity contribution in [3.05, 3.63) is 56.6 Å². The van der Waals surface area contributed by atoms with E-state index in [0.29, 0.717) is 29.5 Å². The van der Waals surface area contributed by atoms with Crippen LogP contribution in [0, 0.1) is 18.8 Å². The number of para-hydroxylation sites is 1. The van der Waals surface area contributed by atoms with Crippen molar-refractivity contribution in [2.24, 2.45) is 12.8 Å². The van der Waals surface area contributed by atoms with Crippen molar-refractivity contribution >= 4 is 40.0 Å². The monoisotopic (exact) mass is 590 g/mol. The lowest BCUT2D eigenvalue weighted by molar-refractivity contribution is -0.143. The largest absolute Gasteiger partial charge is 0.481 e. The molecule has 0 aliphatic carbocycles. The van der Waals surface area contributed by atoms with Crippen molar-refractivity contribution < 1.29 is 19.8 Å². The molecule has 1 aliphatic rings. The molecule has 0 amide bonds. The van der Waals surface area contributed by atoms with Gasteiger partial charge in [-0.3, -0.25) is 28.1 Å². The number of imidazole rings is 1. The molecule has 0 radical (unpaired) electrons. The van der Waals surface area contributed by atoms with Gasteiger partial charge in [-0.2, -0.15) is 4.98 Å². The van der Waals surface area contributed by atoms with Crippen molar-refractivity contribution in [3.63, 3.8) is 0 Å². The molecule has 0 saturated carbocycles. The highest BCUT2D eigenvalue weighted by atomic mass is 16.4. The van der Waals surface area contributed by atoms with E-state index in [4.69, 9.17) is 20.9 Å². The summed E-state index contributed by atoms with van der Waals surface area (Å²) in [5.74, 6) is 4.80. The van der Waals surface area contributed by atoms with Gasteiger partial charge < -0.3 is 20.8 Å². The molecule has 4 heterocycles. The fraction of sp³-hybridized carbons (Fsp3) is 0.414. The van der Waals surface area contributed by atoms with E-state index in [1.807, 2.05) is 31.2 Å². The van der Waals surface area contributed by atoms with Crippen LogP contribution in [0.4, 0.5) is 5.95 Å². The Morgan fingerprint density at radius 1 is 1.07 bits per heavy atom. The van der Waals surface area contributed by atoms with Crippen molar-refractivity contribution in [2.45, 2.75) is 58.7 Å². The standard InChI is InChI=1S/C25H28N8O2.C4H6O4/c1-4-5-13-32-21-22(29-24(32)31-12-8-9-17(26)14-31)30(3)25(35)33(23(21)34)15-20-27-16(2)18-10-6-7-11-19(18)28-20;5-3(6)1-2-4(7)8/h6-7,10-11,17H,8-9,12-15,26H2,1-3H3;1-2H2,(H,5,6)(H,7,8)/t17-;/m1./s1. The highest BCUT2D eigenvalue weighted by Crippen LogP contribution is 2.23. The Labute approximate surface area is 246 Å². The molecule has 1 aliphatic heterocycles. The number of benzene rings is 1. The second-order valence-corrected chi connectivity index (χ2v) is 10.2. The Kier molecular flexibility index (Phi) is 9.56. The molecule has 43 heavy (non-hydrogen) atoms. The van der Waals surface area contributed by atoms with Gasteiger partial charge in [0.25, 0.3) is 5.56 Å². The summed E-state index contributed by atoms with van der Waals surface area (Å²) in [6, 6.07) is 7.71. The molecule has 0 unspecified atom stereocenters. The minimum atomic E-state index is -1.08. The van der Waals surface area contributed by atoms with Crippen LogP contribution in [0.2, 0.25) is 0 Å². The van der Waals surface area contributed by atoms with Crippen LogP contribution < -0.4 is 21.9 Å². The number of rotatable bonds is 7. The summed E-state index contributed by atoms with van der Waals surface area (Å²) < 4.78 is 4.39. The molecule has 1 fully saturated rings. The van der Waals surface area contributed by atoms with E-state index in [9.17, 15) is 19.2 Å². The third-order valence-electron chi connectivity index (χ3n) is 7.06. The van der Waals surface area contributed by atoms with Gasteiger partial charge >= 0.3 is 17.6 Å². The minimum absolute atomic E-state index is 0.0306. The normalized spacial score (nSPS) is 14.6. The fourth-order valence-corrected chi connectivity index (χ4v) is 4.96.